The van der Waals surface area contributed by atoms with Crippen molar-refractivity contribution in [3.63, 3.8) is 0 Å². The average Bonchev–Trinajstić information content (AvgIpc) is 3.47. The fourth-order valence-electron chi connectivity index (χ4n) is 5.13. The van der Waals surface area contributed by atoms with Crippen LogP contribution in [0.2, 0.25) is 0 Å². The Morgan fingerprint density at radius 1 is 0.821 bits per heavy atom. The van der Waals surface area contributed by atoms with Crippen LogP contribution in [0.5, 0.6) is 5.75 Å². The van der Waals surface area contributed by atoms with Gasteiger partial charge in [0.1, 0.15) is 11.4 Å². The van der Waals surface area contributed by atoms with Crippen LogP contribution in [0.1, 0.15) is 0 Å². The van der Waals surface area contributed by atoms with Crippen molar-refractivity contribution in [2.24, 2.45) is 0 Å². The molecule has 10 heteroatoms. The van der Waals surface area contributed by atoms with Gasteiger partial charge in [-0.25, -0.2) is 0 Å². The summed E-state index contributed by atoms with van der Waals surface area (Å²) in [5.74, 6) is 0.870. The Morgan fingerprint density at radius 2 is 1.44 bits per heavy atom. The van der Waals surface area contributed by atoms with E-state index in [1.165, 1.54) is 38.9 Å². The third-order valence-corrected chi connectivity index (χ3v) is 6.87. The Bertz CT molecular complexity index is 1650. The van der Waals surface area contributed by atoms with Crippen LogP contribution in [0.4, 0.5) is 0 Å². The van der Waals surface area contributed by atoms with Crippen molar-refractivity contribution in [1.82, 2.24) is 13.9 Å². The van der Waals surface area contributed by atoms with Gasteiger partial charge in [0.25, 0.3) is 0 Å². The fourth-order valence-corrected chi connectivity index (χ4v) is 5.13. The molecule has 0 unspecified atom stereocenters. The number of aromatic nitrogens is 2. The number of rotatable bonds is 6. The number of morpholine rings is 1. The molecule has 6 rings (SSSR count). The smallest absolute Gasteiger partial charge is 0.394 e. The molecule has 0 amide bonds. The zero-order valence-electron chi connectivity index (χ0n) is 21.6. The molecule has 0 aliphatic carbocycles. The molecule has 0 saturated carbocycles. The number of benzene rings is 3. The molecule has 1 aliphatic rings. The standard InChI is InChI=1S/C29H29N3O2.H2O4S/c1-33-24-13-11-22(12-14-24)25-21-32-27-10-6-5-9-26(27)31(16-15-30-17-19-34-20-18-30)29(32)28(25)23-7-3-2-4-8-23;1-5(2,3)4/h2-14,21H,15-20H2,1H3;(H2,1,2,3,4). The lowest BCUT2D eigenvalue weighted by atomic mass is 9.98. The van der Waals surface area contributed by atoms with Crippen LogP contribution < -0.4 is 4.74 Å². The zero-order chi connectivity index (χ0) is 27.4. The number of ether oxygens (including phenoxy) is 2. The van der Waals surface area contributed by atoms with Crippen LogP contribution in [0.25, 0.3) is 38.9 Å². The fraction of sp³-hybridized carbons (Fsp3) is 0.241. The van der Waals surface area contributed by atoms with E-state index >= 15 is 0 Å². The van der Waals surface area contributed by atoms with Crippen LogP contribution in [-0.4, -0.2) is 71.3 Å². The quantitative estimate of drug-likeness (QED) is 0.290. The molecule has 3 heterocycles. The Labute approximate surface area is 227 Å². The molecule has 0 atom stereocenters. The maximum atomic E-state index is 8.74. The lowest BCUT2D eigenvalue weighted by molar-refractivity contribution is 0.0366. The highest BCUT2D eigenvalue weighted by molar-refractivity contribution is 7.79. The molecular weight excluding hydrogens is 518 g/mol. The molecule has 1 saturated heterocycles. The number of methoxy groups -OCH3 is 1. The number of fused-ring (bicyclic) bond motifs is 3. The van der Waals surface area contributed by atoms with E-state index in [0.717, 1.165) is 45.1 Å². The second kappa shape index (κ2) is 11.6. The van der Waals surface area contributed by atoms with E-state index in [9.17, 15) is 0 Å². The average molecular weight is 550 g/mol. The molecule has 2 N–H and O–H groups in total. The summed E-state index contributed by atoms with van der Waals surface area (Å²) in [4.78, 5) is 2.50. The van der Waals surface area contributed by atoms with E-state index in [2.05, 4.69) is 86.8 Å². The minimum Gasteiger partial charge on any atom is -0.497 e. The highest BCUT2D eigenvalue weighted by Gasteiger charge is 2.22. The summed E-state index contributed by atoms with van der Waals surface area (Å²) < 4.78 is 47.4. The van der Waals surface area contributed by atoms with Crippen LogP contribution in [0.15, 0.2) is 85.1 Å². The maximum Gasteiger partial charge on any atom is 0.394 e. The van der Waals surface area contributed by atoms with Crippen molar-refractivity contribution in [3.05, 3.63) is 85.1 Å². The normalized spacial score (nSPS) is 14.3. The molecule has 39 heavy (non-hydrogen) atoms. The van der Waals surface area contributed by atoms with Crippen LogP contribution in [-0.2, 0) is 21.7 Å². The largest absolute Gasteiger partial charge is 0.497 e. The molecule has 5 aromatic rings. The monoisotopic (exact) mass is 549 g/mol. The van der Waals surface area contributed by atoms with Gasteiger partial charge in [0.05, 0.1) is 31.4 Å². The predicted molar refractivity (Wildman–Crippen MR) is 152 cm³/mol. The summed E-state index contributed by atoms with van der Waals surface area (Å²) in [5, 5.41) is 0. The van der Waals surface area contributed by atoms with E-state index in [-0.39, 0.29) is 0 Å². The van der Waals surface area contributed by atoms with E-state index in [0.29, 0.717) is 0 Å². The van der Waals surface area contributed by atoms with Crippen molar-refractivity contribution < 1.29 is 27.0 Å². The van der Waals surface area contributed by atoms with E-state index < -0.39 is 10.4 Å². The molecule has 0 radical (unpaired) electrons. The number of hydrogen-bond acceptors (Lipinski definition) is 5. The van der Waals surface area contributed by atoms with Crippen LogP contribution in [0.3, 0.4) is 0 Å². The predicted octanol–water partition coefficient (Wildman–Crippen LogP) is 4.92. The van der Waals surface area contributed by atoms with Crippen molar-refractivity contribution >= 4 is 27.1 Å². The summed E-state index contributed by atoms with van der Waals surface area (Å²) in [6, 6.07) is 27.9. The van der Waals surface area contributed by atoms with Crippen LogP contribution in [0, 0.1) is 0 Å². The zero-order valence-corrected chi connectivity index (χ0v) is 22.4. The molecule has 0 bridgehead atoms. The third kappa shape index (κ3) is 6.16. The summed E-state index contributed by atoms with van der Waals surface area (Å²) in [6.45, 7) is 5.59. The molecule has 9 nitrogen and oxygen atoms in total. The topological polar surface area (TPSA) is 106 Å². The molecule has 0 spiro atoms. The summed E-state index contributed by atoms with van der Waals surface area (Å²) in [5.41, 5.74) is 8.66. The SMILES string of the molecule is COc1ccc(-c2cn3c4ccccc4n(CCN4CCOCC4)c3c2-c2ccccc2)cc1.O=S(=O)(O)O. The lowest BCUT2D eigenvalue weighted by Gasteiger charge is -2.26. The number of imidazole rings is 1. The molecular formula is C29H31N3O6S. The third-order valence-electron chi connectivity index (χ3n) is 6.87. The first-order valence-electron chi connectivity index (χ1n) is 12.7. The van der Waals surface area contributed by atoms with Gasteiger partial charge in [0, 0.05) is 43.5 Å². The summed E-state index contributed by atoms with van der Waals surface area (Å²) in [7, 11) is -2.96. The van der Waals surface area contributed by atoms with Gasteiger partial charge in [0.15, 0.2) is 0 Å². The maximum absolute atomic E-state index is 8.74. The minimum atomic E-state index is -4.67. The van der Waals surface area contributed by atoms with Crippen molar-refractivity contribution in [2.45, 2.75) is 6.54 Å². The van der Waals surface area contributed by atoms with E-state index in [1.54, 1.807) is 7.11 Å². The summed E-state index contributed by atoms with van der Waals surface area (Å²) >= 11 is 0. The molecule has 3 aromatic carbocycles. The summed E-state index contributed by atoms with van der Waals surface area (Å²) in [6.07, 6.45) is 2.30. The Kier molecular flexibility index (Phi) is 8.01. The molecule has 204 valence electrons. The first-order valence-corrected chi connectivity index (χ1v) is 14.1. The molecule has 2 aromatic heterocycles. The van der Waals surface area contributed by atoms with Gasteiger partial charge < -0.3 is 14.0 Å². The van der Waals surface area contributed by atoms with E-state index in [4.69, 9.17) is 27.0 Å². The van der Waals surface area contributed by atoms with Crippen LogP contribution >= 0.6 is 0 Å². The van der Waals surface area contributed by atoms with Gasteiger partial charge >= 0.3 is 10.4 Å². The number of hydrogen-bond donors (Lipinski definition) is 2. The Morgan fingerprint density at radius 3 is 2.08 bits per heavy atom. The molecule has 1 fully saturated rings. The van der Waals surface area contributed by atoms with Gasteiger partial charge in [-0.1, -0.05) is 54.6 Å². The van der Waals surface area contributed by atoms with Crippen molar-refractivity contribution in [3.8, 4) is 28.0 Å². The first-order chi connectivity index (χ1) is 18.8. The minimum absolute atomic E-state index is 0.823. The van der Waals surface area contributed by atoms with Crippen molar-refractivity contribution in [1.29, 1.82) is 0 Å². The van der Waals surface area contributed by atoms with Gasteiger partial charge in [-0.15, -0.1) is 0 Å². The van der Waals surface area contributed by atoms with Gasteiger partial charge in [0.2, 0.25) is 0 Å². The van der Waals surface area contributed by atoms with Gasteiger partial charge in [-0.3, -0.25) is 18.4 Å². The Balaban J connectivity index is 0.000000567. The first kappa shape index (κ1) is 26.9. The second-order valence-electron chi connectivity index (χ2n) is 9.25. The van der Waals surface area contributed by atoms with Crippen molar-refractivity contribution in [2.75, 3.05) is 40.0 Å². The second-order valence-corrected chi connectivity index (χ2v) is 10.1. The van der Waals surface area contributed by atoms with Gasteiger partial charge in [-0.05, 0) is 35.4 Å². The lowest BCUT2D eigenvalue weighted by Crippen LogP contribution is -2.38. The van der Waals surface area contributed by atoms with Gasteiger partial charge in [-0.2, -0.15) is 8.42 Å². The Hall–Kier alpha value is -3.67. The highest BCUT2D eigenvalue weighted by Crippen LogP contribution is 2.40. The highest BCUT2D eigenvalue weighted by atomic mass is 32.3. The number of para-hydroxylation sites is 2. The number of nitrogens with zero attached hydrogens (tertiary/aromatic N) is 3. The van der Waals surface area contributed by atoms with E-state index in [1.807, 2.05) is 12.1 Å². The molecule has 1 aliphatic heterocycles.